The second-order valence-corrected chi connectivity index (χ2v) is 8.11. The predicted octanol–water partition coefficient (Wildman–Crippen LogP) is 4.82. The van der Waals surface area contributed by atoms with Crippen LogP contribution in [0.25, 0.3) is 11.4 Å². The average molecular weight is 466 g/mol. The maximum Gasteiger partial charge on any atom is 0.418 e. The van der Waals surface area contributed by atoms with E-state index in [1.807, 2.05) is 36.6 Å². The molecule has 160 valence electrons. The highest BCUT2D eigenvalue weighted by Gasteiger charge is 2.35. The van der Waals surface area contributed by atoms with Crippen molar-refractivity contribution in [1.82, 2.24) is 35.0 Å². The highest BCUT2D eigenvalue weighted by atomic mass is 35.5. The summed E-state index contributed by atoms with van der Waals surface area (Å²) in [6.07, 6.45) is -3.02. The van der Waals surface area contributed by atoms with Crippen molar-refractivity contribution in [2.24, 2.45) is 0 Å². The second-order valence-electron chi connectivity index (χ2n) is 6.73. The molecule has 0 aliphatic rings. The Balaban J connectivity index is 1.63. The molecule has 7 nitrogen and oxygen atoms in total. The van der Waals surface area contributed by atoms with E-state index in [0.717, 1.165) is 27.6 Å². The van der Waals surface area contributed by atoms with E-state index in [2.05, 4.69) is 25.7 Å². The maximum absolute atomic E-state index is 13.5. The van der Waals surface area contributed by atoms with Gasteiger partial charge in [-0.3, -0.25) is 4.57 Å². The van der Waals surface area contributed by atoms with E-state index >= 15 is 0 Å². The third kappa shape index (κ3) is 4.42. The van der Waals surface area contributed by atoms with Crippen molar-refractivity contribution in [3.63, 3.8) is 0 Å². The molecular formula is C19H15ClF3N7S. The van der Waals surface area contributed by atoms with Gasteiger partial charge in [0.25, 0.3) is 0 Å². The molecule has 0 saturated heterocycles. The first kappa shape index (κ1) is 21.3. The molecule has 0 fully saturated rings. The van der Waals surface area contributed by atoms with Gasteiger partial charge in [0.15, 0.2) is 11.0 Å². The Morgan fingerprint density at radius 1 is 1.03 bits per heavy atom. The number of thioether (sulfide) groups is 1. The number of alkyl halides is 3. The molecule has 0 N–H and O–H groups in total. The Hall–Kier alpha value is -2.92. The lowest BCUT2D eigenvalue weighted by atomic mass is 10.1. The van der Waals surface area contributed by atoms with Crippen LogP contribution in [0.1, 0.15) is 22.5 Å². The van der Waals surface area contributed by atoms with E-state index in [9.17, 15) is 13.2 Å². The smallest absolute Gasteiger partial charge is 0.276 e. The minimum atomic E-state index is -4.61. The van der Waals surface area contributed by atoms with Gasteiger partial charge in [-0.25, -0.2) is 0 Å². The Bertz CT molecular complexity index is 1240. The molecular weight excluding hydrogens is 451 g/mol. The van der Waals surface area contributed by atoms with Crippen LogP contribution < -0.4 is 0 Å². The largest absolute Gasteiger partial charge is 0.418 e. The number of hydrogen-bond donors (Lipinski definition) is 0. The van der Waals surface area contributed by atoms with Crippen molar-refractivity contribution >= 4 is 23.4 Å². The van der Waals surface area contributed by atoms with Gasteiger partial charge in [0.1, 0.15) is 6.33 Å². The first-order chi connectivity index (χ1) is 14.7. The van der Waals surface area contributed by atoms with Crippen molar-refractivity contribution in [2.75, 3.05) is 0 Å². The van der Waals surface area contributed by atoms with E-state index in [4.69, 9.17) is 11.6 Å². The van der Waals surface area contributed by atoms with E-state index in [1.165, 1.54) is 23.9 Å². The Morgan fingerprint density at radius 2 is 1.81 bits per heavy atom. The number of benzene rings is 2. The molecule has 0 amide bonds. The second kappa shape index (κ2) is 8.31. The number of halogens is 4. The summed E-state index contributed by atoms with van der Waals surface area (Å²) in [6.45, 7) is 3.99. The molecule has 2 aromatic heterocycles. The topological polar surface area (TPSA) is 74.3 Å². The van der Waals surface area contributed by atoms with E-state index < -0.39 is 11.7 Å². The zero-order chi connectivity index (χ0) is 22.2. The van der Waals surface area contributed by atoms with Gasteiger partial charge in [-0.1, -0.05) is 41.1 Å². The van der Waals surface area contributed by atoms with Crippen LogP contribution in [0, 0.1) is 13.8 Å². The highest BCUT2D eigenvalue weighted by Crippen LogP contribution is 2.36. The molecule has 12 heteroatoms. The highest BCUT2D eigenvalue weighted by molar-refractivity contribution is 7.98. The van der Waals surface area contributed by atoms with E-state index in [1.54, 1.807) is 6.33 Å². The molecule has 0 radical (unpaired) electrons. The third-order valence-corrected chi connectivity index (χ3v) is 5.66. The summed E-state index contributed by atoms with van der Waals surface area (Å²) in [6, 6.07) is 9.45. The SMILES string of the molecule is Cc1ccc(-n2cnnc2SCc2nnnn2-c2ccc(Cl)cc2C(F)(F)F)c(C)c1. The molecule has 0 atom stereocenters. The van der Waals surface area contributed by atoms with Crippen molar-refractivity contribution in [1.29, 1.82) is 0 Å². The van der Waals surface area contributed by atoms with Gasteiger partial charge in [-0.05, 0) is 54.1 Å². The normalized spacial score (nSPS) is 11.8. The van der Waals surface area contributed by atoms with Crippen molar-refractivity contribution in [3.8, 4) is 11.4 Å². The quantitative estimate of drug-likeness (QED) is 0.393. The summed E-state index contributed by atoms with van der Waals surface area (Å²) in [7, 11) is 0. The molecule has 31 heavy (non-hydrogen) atoms. The Labute approximate surface area is 184 Å². The first-order valence-corrected chi connectivity index (χ1v) is 10.3. The fourth-order valence-electron chi connectivity index (χ4n) is 3.10. The van der Waals surface area contributed by atoms with Gasteiger partial charge in [-0.15, -0.1) is 15.3 Å². The van der Waals surface area contributed by atoms with Gasteiger partial charge >= 0.3 is 6.18 Å². The van der Waals surface area contributed by atoms with Crippen LogP contribution in [-0.2, 0) is 11.9 Å². The number of rotatable bonds is 5. The Kier molecular flexibility index (Phi) is 5.71. The molecule has 0 saturated carbocycles. The summed E-state index contributed by atoms with van der Waals surface area (Å²) in [4.78, 5) is 0. The van der Waals surface area contributed by atoms with E-state index in [-0.39, 0.29) is 22.3 Å². The summed E-state index contributed by atoms with van der Waals surface area (Å²) in [5.74, 6) is 0.407. The summed E-state index contributed by atoms with van der Waals surface area (Å²) in [5, 5.41) is 19.8. The van der Waals surface area contributed by atoms with Crippen molar-refractivity contribution in [2.45, 2.75) is 30.9 Å². The number of aromatic nitrogens is 7. The molecule has 0 bridgehead atoms. The standard InChI is InChI=1S/C19H15ClF3N7S/c1-11-3-5-15(12(2)7-11)29-10-24-26-18(29)31-9-17-25-27-28-30(17)16-6-4-13(20)8-14(16)19(21,22)23/h3-8,10H,9H2,1-2H3. The van der Waals surface area contributed by atoms with Gasteiger partial charge in [0.05, 0.1) is 22.7 Å². The number of hydrogen-bond acceptors (Lipinski definition) is 6. The van der Waals surface area contributed by atoms with Gasteiger partial charge in [-0.2, -0.15) is 17.9 Å². The zero-order valence-corrected chi connectivity index (χ0v) is 17.9. The molecule has 4 aromatic rings. The lowest BCUT2D eigenvalue weighted by molar-refractivity contribution is -0.137. The minimum Gasteiger partial charge on any atom is -0.276 e. The fraction of sp³-hybridized carbons (Fsp3) is 0.211. The molecule has 0 unspecified atom stereocenters. The van der Waals surface area contributed by atoms with Crippen LogP contribution in [0.5, 0.6) is 0 Å². The minimum absolute atomic E-state index is 0.0263. The molecule has 4 rings (SSSR count). The predicted molar refractivity (Wildman–Crippen MR) is 110 cm³/mol. The summed E-state index contributed by atoms with van der Waals surface area (Å²) in [5.41, 5.74) is 1.97. The van der Waals surface area contributed by atoms with Crippen molar-refractivity contribution < 1.29 is 13.2 Å². The molecule has 0 aliphatic heterocycles. The van der Waals surface area contributed by atoms with Crippen LogP contribution in [-0.4, -0.2) is 35.0 Å². The van der Waals surface area contributed by atoms with E-state index in [0.29, 0.717) is 5.16 Å². The monoisotopic (exact) mass is 465 g/mol. The van der Waals surface area contributed by atoms with Crippen LogP contribution in [0.3, 0.4) is 0 Å². The molecule has 0 aliphatic carbocycles. The van der Waals surface area contributed by atoms with Gasteiger partial charge < -0.3 is 0 Å². The average Bonchev–Trinajstić information content (AvgIpc) is 3.35. The van der Waals surface area contributed by atoms with Crippen LogP contribution >= 0.6 is 23.4 Å². The number of nitrogens with zero attached hydrogens (tertiary/aromatic N) is 7. The third-order valence-electron chi connectivity index (χ3n) is 4.48. The molecule has 2 heterocycles. The lowest BCUT2D eigenvalue weighted by Crippen LogP contribution is -2.13. The van der Waals surface area contributed by atoms with Gasteiger partial charge in [0.2, 0.25) is 0 Å². The first-order valence-electron chi connectivity index (χ1n) is 8.99. The van der Waals surface area contributed by atoms with Crippen molar-refractivity contribution in [3.05, 3.63) is 70.3 Å². The summed E-state index contributed by atoms with van der Waals surface area (Å²) < 4.78 is 43.4. The lowest BCUT2D eigenvalue weighted by Gasteiger charge is -2.14. The van der Waals surface area contributed by atoms with Crippen LogP contribution in [0.4, 0.5) is 13.2 Å². The van der Waals surface area contributed by atoms with Crippen LogP contribution in [0.2, 0.25) is 5.02 Å². The molecule has 0 spiro atoms. The number of tetrazole rings is 1. The van der Waals surface area contributed by atoms with Gasteiger partial charge in [0, 0.05) is 5.02 Å². The number of aryl methyl sites for hydroxylation is 2. The fourth-order valence-corrected chi connectivity index (χ4v) is 4.10. The Morgan fingerprint density at radius 3 is 2.55 bits per heavy atom. The maximum atomic E-state index is 13.5. The van der Waals surface area contributed by atoms with Crippen LogP contribution in [0.15, 0.2) is 47.9 Å². The molecule has 2 aromatic carbocycles. The summed E-state index contributed by atoms with van der Waals surface area (Å²) >= 11 is 7.03. The zero-order valence-electron chi connectivity index (χ0n) is 16.3.